The summed E-state index contributed by atoms with van der Waals surface area (Å²) in [5.74, 6) is 1.44. The lowest BCUT2D eigenvalue weighted by molar-refractivity contribution is -0.123. The average molecular weight is 309 g/mol. The highest BCUT2D eigenvalue weighted by Gasteiger charge is 2.05. The summed E-state index contributed by atoms with van der Waals surface area (Å²) >= 11 is 0. The van der Waals surface area contributed by atoms with Gasteiger partial charge in [-0.1, -0.05) is 18.2 Å². The highest BCUT2D eigenvalue weighted by atomic mass is 16.5. The molecule has 0 unspecified atom stereocenters. The Bertz CT molecular complexity index is 839. The van der Waals surface area contributed by atoms with E-state index in [1.54, 1.807) is 0 Å². The Morgan fingerprint density at radius 2 is 2.09 bits per heavy atom. The third-order valence-corrected chi connectivity index (χ3v) is 3.51. The van der Waals surface area contributed by atoms with Gasteiger partial charge in [-0.3, -0.25) is 4.79 Å². The van der Waals surface area contributed by atoms with Crippen molar-refractivity contribution in [3.05, 3.63) is 59.4 Å². The number of amides is 1. The van der Waals surface area contributed by atoms with Crippen molar-refractivity contribution in [1.82, 2.24) is 15.3 Å². The van der Waals surface area contributed by atoms with Crippen LogP contribution in [0.4, 0.5) is 0 Å². The minimum absolute atomic E-state index is 0.00879. The van der Waals surface area contributed by atoms with Gasteiger partial charge in [0.2, 0.25) is 0 Å². The first-order valence-electron chi connectivity index (χ1n) is 7.51. The zero-order valence-corrected chi connectivity index (χ0v) is 13.2. The number of aryl methyl sites for hydroxylation is 2. The molecule has 0 aliphatic rings. The van der Waals surface area contributed by atoms with Gasteiger partial charge >= 0.3 is 0 Å². The lowest BCUT2D eigenvalue weighted by Gasteiger charge is -2.08. The Morgan fingerprint density at radius 1 is 1.22 bits per heavy atom. The lowest BCUT2D eigenvalue weighted by Crippen LogP contribution is -2.28. The molecule has 1 heterocycles. The zero-order chi connectivity index (χ0) is 16.2. The van der Waals surface area contributed by atoms with Crippen LogP contribution in [0.1, 0.15) is 17.0 Å². The standard InChI is InChI=1S/C18H19N3O2/c1-12-4-3-5-15(8-12)23-11-18(22)19-10-14-6-7-16-17(9-14)21-13(2)20-16/h3-9H,10-11H2,1-2H3,(H,19,22)(H,20,21). The molecular weight excluding hydrogens is 290 g/mol. The van der Waals surface area contributed by atoms with Gasteiger partial charge < -0.3 is 15.0 Å². The number of hydrogen-bond acceptors (Lipinski definition) is 3. The van der Waals surface area contributed by atoms with E-state index < -0.39 is 0 Å². The normalized spacial score (nSPS) is 10.7. The molecule has 1 aromatic heterocycles. The Balaban J connectivity index is 1.53. The fraction of sp³-hybridized carbons (Fsp3) is 0.222. The molecular formula is C18H19N3O2. The number of H-pyrrole nitrogens is 1. The summed E-state index contributed by atoms with van der Waals surface area (Å²) in [5, 5.41) is 2.86. The number of ether oxygens (including phenoxy) is 1. The summed E-state index contributed by atoms with van der Waals surface area (Å²) in [6, 6.07) is 13.5. The number of benzene rings is 2. The van der Waals surface area contributed by atoms with E-state index in [0.717, 1.165) is 28.0 Å². The van der Waals surface area contributed by atoms with E-state index in [1.807, 2.05) is 56.3 Å². The van der Waals surface area contributed by atoms with Gasteiger partial charge in [0.15, 0.2) is 6.61 Å². The first-order valence-corrected chi connectivity index (χ1v) is 7.51. The maximum atomic E-state index is 11.9. The molecule has 5 heteroatoms. The number of aromatic nitrogens is 2. The smallest absolute Gasteiger partial charge is 0.258 e. The molecule has 0 radical (unpaired) electrons. The van der Waals surface area contributed by atoms with E-state index in [-0.39, 0.29) is 12.5 Å². The second-order valence-electron chi connectivity index (χ2n) is 5.56. The second-order valence-corrected chi connectivity index (χ2v) is 5.56. The van der Waals surface area contributed by atoms with Crippen molar-refractivity contribution in [2.75, 3.05) is 6.61 Å². The maximum Gasteiger partial charge on any atom is 0.258 e. The number of nitrogens with zero attached hydrogens (tertiary/aromatic N) is 1. The van der Waals surface area contributed by atoms with Gasteiger partial charge in [-0.15, -0.1) is 0 Å². The molecule has 0 saturated carbocycles. The van der Waals surface area contributed by atoms with Crippen LogP contribution >= 0.6 is 0 Å². The van der Waals surface area contributed by atoms with Crippen LogP contribution in [0.25, 0.3) is 11.0 Å². The van der Waals surface area contributed by atoms with Crippen LogP contribution in [0.15, 0.2) is 42.5 Å². The maximum absolute atomic E-state index is 11.9. The summed E-state index contributed by atoms with van der Waals surface area (Å²) in [6.45, 7) is 4.38. The summed E-state index contributed by atoms with van der Waals surface area (Å²) in [6.07, 6.45) is 0. The summed E-state index contributed by atoms with van der Waals surface area (Å²) < 4.78 is 5.48. The molecule has 0 aliphatic heterocycles. The number of imidazole rings is 1. The topological polar surface area (TPSA) is 67.0 Å². The number of carbonyl (C=O) groups excluding carboxylic acids is 1. The van der Waals surface area contributed by atoms with Gasteiger partial charge in [-0.05, 0) is 49.2 Å². The molecule has 2 N–H and O–H groups in total. The van der Waals surface area contributed by atoms with Crippen molar-refractivity contribution in [2.24, 2.45) is 0 Å². The largest absolute Gasteiger partial charge is 0.484 e. The molecule has 5 nitrogen and oxygen atoms in total. The van der Waals surface area contributed by atoms with Crippen LogP contribution in [0.5, 0.6) is 5.75 Å². The van der Waals surface area contributed by atoms with E-state index in [1.165, 1.54) is 0 Å². The van der Waals surface area contributed by atoms with Crippen molar-refractivity contribution in [2.45, 2.75) is 20.4 Å². The summed E-state index contributed by atoms with van der Waals surface area (Å²) in [5.41, 5.74) is 4.03. The molecule has 0 spiro atoms. The van der Waals surface area contributed by atoms with E-state index in [0.29, 0.717) is 12.3 Å². The van der Waals surface area contributed by atoms with Crippen molar-refractivity contribution < 1.29 is 9.53 Å². The highest BCUT2D eigenvalue weighted by molar-refractivity contribution is 5.78. The van der Waals surface area contributed by atoms with Crippen molar-refractivity contribution >= 4 is 16.9 Å². The molecule has 1 amide bonds. The number of hydrogen-bond donors (Lipinski definition) is 2. The molecule has 3 rings (SSSR count). The first kappa shape index (κ1) is 15.1. The molecule has 0 fully saturated rings. The zero-order valence-electron chi connectivity index (χ0n) is 13.2. The molecule has 23 heavy (non-hydrogen) atoms. The number of rotatable bonds is 5. The second kappa shape index (κ2) is 6.52. The van der Waals surface area contributed by atoms with Gasteiger partial charge in [0.05, 0.1) is 11.0 Å². The van der Waals surface area contributed by atoms with Crippen LogP contribution in [-0.4, -0.2) is 22.5 Å². The molecule has 0 saturated heterocycles. The van der Waals surface area contributed by atoms with Crippen LogP contribution < -0.4 is 10.1 Å². The number of fused-ring (bicyclic) bond motifs is 1. The summed E-state index contributed by atoms with van der Waals surface area (Å²) in [4.78, 5) is 19.4. The summed E-state index contributed by atoms with van der Waals surface area (Å²) in [7, 11) is 0. The van der Waals surface area contributed by atoms with Gasteiger partial charge in [-0.25, -0.2) is 4.98 Å². The minimum atomic E-state index is -0.146. The monoisotopic (exact) mass is 309 g/mol. The Kier molecular flexibility index (Phi) is 4.28. The van der Waals surface area contributed by atoms with Gasteiger partial charge in [0, 0.05) is 6.54 Å². The minimum Gasteiger partial charge on any atom is -0.484 e. The van der Waals surface area contributed by atoms with Crippen LogP contribution in [0, 0.1) is 13.8 Å². The third kappa shape index (κ3) is 3.88. The average Bonchev–Trinajstić information content (AvgIpc) is 2.90. The predicted octanol–water partition coefficient (Wildman–Crippen LogP) is 2.87. The van der Waals surface area contributed by atoms with E-state index >= 15 is 0 Å². The fourth-order valence-electron chi connectivity index (χ4n) is 2.40. The number of nitrogens with one attached hydrogen (secondary N) is 2. The van der Waals surface area contributed by atoms with Gasteiger partial charge in [0.25, 0.3) is 5.91 Å². The van der Waals surface area contributed by atoms with Gasteiger partial charge in [-0.2, -0.15) is 0 Å². The highest BCUT2D eigenvalue weighted by Crippen LogP contribution is 2.14. The Hall–Kier alpha value is -2.82. The quantitative estimate of drug-likeness (QED) is 0.761. The van der Waals surface area contributed by atoms with Crippen molar-refractivity contribution in [1.29, 1.82) is 0 Å². The van der Waals surface area contributed by atoms with Crippen molar-refractivity contribution in [3.8, 4) is 5.75 Å². The lowest BCUT2D eigenvalue weighted by atomic mass is 10.2. The van der Waals surface area contributed by atoms with Crippen molar-refractivity contribution in [3.63, 3.8) is 0 Å². The molecule has 2 aromatic carbocycles. The molecule has 0 bridgehead atoms. The first-order chi connectivity index (χ1) is 11.1. The molecule has 118 valence electrons. The molecule has 0 aliphatic carbocycles. The molecule has 0 atom stereocenters. The predicted molar refractivity (Wildman–Crippen MR) is 89.4 cm³/mol. The fourth-order valence-corrected chi connectivity index (χ4v) is 2.40. The Morgan fingerprint density at radius 3 is 2.91 bits per heavy atom. The van der Waals surface area contributed by atoms with Crippen LogP contribution in [-0.2, 0) is 11.3 Å². The van der Waals surface area contributed by atoms with E-state index in [2.05, 4.69) is 15.3 Å². The van der Waals surface area contributed by atoms with E-state index in [4.69, 9.17) is 4.74 Å². The SMILES string of the molecule is Cc1cccc(OCC(=O)NCc2ccc3nc(C)[nH]c3c2)c1. The van der Waals surface area contributed by atoms with Gasteiger partial charge in [0.1, 0.15) is 11.6 Å². The number of aromatic amines is 1. The number of carbonyl (C=O) groups is 1. The molecule has 3 aromatic rings. The Labute approximate surface area is 134 Å². The van der Waals surface area contributed by atoms with E-state index in [9.17, 15) is 4.79 Å². The van der Waals surface area contributed by atoms with Crippen LogP contribution in [0.2, 0.25) is 0 Å². The van der Waals surface area contributed by atoms with Crippen LogP contribution in [0.3, 0.4) is 0 Å². The third-order valence-electron chi connectivity index (χ3n) is 3.51.